The molecule has 3 rings (SSSR count). The van der Waals surface area contributed by atoms with Crippen LogP contribution in [0.2, 0.25) is 0 Å². The van der Waals surface area contributed by atoms with Crippen LogP contribution >= 0.6 is 0 Å². The Bertz CT molecular complexity index is 356. The van der Waals surface area contributed by atoms with E-state index in [0.29, 0.717) is 12.1 Å². The molecule has 0 bridgehead atoms. The van der Waals surface area contributed by atoms with Gasteiger partial charge in [0.1, 0.15) is 12.2 Å². The number of nitrogens with zero attached hydrogens (tertiary/aromatic N) is 3. The van der Waals surface area contributed by atoms with Gasteiger partial charge >= 0.3 is 0 Å². The summed E-state index contributed by atoms with van der Waals surface area (Å²) in [5.74, 6) is 2.06. The van der Waals surface area contributed by atoms with Crippen molar-refractivity contribution >= 4 is 0 Å². The first-order valence-electron chi connectivity index (χ1n) is 6.52. The molecule has 1 aromatic rings. The van der Waals surface area contributed by atoms with Crippen molar-refractivity contribution in [3.8, 4) is 0 Å². The van der Waals surface area contributed by atoms with Gasteiger partial charge in [0.2, 0.25) is 0 Å². The number of fused-ring (bicyclic) bond motifs is 1. The minimum Gasteiger partial charge on any atom is -0.304 e. The Morgan fingerprint density at radius 1 is 1.50 bits per heavy atom. The average molecular weight is 220 g/mol. The van der Waals surface area contributed by atoms with Crippen LogP contribution in [0.25, 0.3) is 0 Å². The molecule has 16 heavy (non-hydrogen) atoms. The van der Waals surface area contributed by atoms with Crippen molar-refractivity contribution in [2.24, 2.45) is 5.92 Å². The maximum Gasteiger partial charge on any atom is 0.143 e. The summed E-state index contributed by atoms with van der Waals surface area (Å²) in [5.41, 5.74) is 0. The third kappa shape index (κ3) is 1.86. The van der Waals surface area contributed by atoms with E-state index in [0.717, 1.165) is 18.3 Å². The van der Waals surface area contributed by atoms with E-state index in [4.69, 9.17) is 0 Å². The van der Waals surface area contributed by atoms with Gasteiger partial charge in [0.15, 0.2) is 0 Å². The van der Waals surface area contributed by atoms with Gasteiger partial charge in [-0.2, -0.15) is 5.10 Å². The molecule has 0 radical (unpaired) electrons. The zero-order chi connectivity index (χ0) is 11.0. The zero-order valence-electron chi connectivity index (χ0n) is 9.89. The van der Waals surface area contributed by atoms with Gasteiger partial charge in [0, 0.05) is 12.6 Å². The van der Waals surface area contributed by atoms with E-state index < -0.39 is 0 Å². The van der Waals surface area contributed by atoms with E-state index in [9.17, 15) is 0 Å². The third-order valence-corrected chi connectivity index (χ3v) is 3.87. The number of aromatic nitrogens is 3. The van der Waals surface area contributed by atoms with Gasteiger partial charge in [-0.25, -0.2) is 9.67 Å². The largest absolute Gasteiger partial charge is 0.304 e. The quantitative estimate of drug-likeness (QED) is 0.842. The molecule has 2 unspecified atom stereocenters. The Kier molecular flexibility index (Phi) is 2.67. The fourth-order valence-corrected chi connectivity index (χ4v) is 2.79. The van der Waals surface area contributed by atoms with Crippen LogP contribution in [0.5, 0.6) is 0 Å². The molecule has 0 spiro atoms. The van der Waals surface area contributed by atoms with Crippen molar-refractivity contribution in [2.45, 2.75) is 57.7 Å². The molecule has 1 N–H and O–H groups in total. The van der Waals surface area contributed by atoms with Crippen molar-refractivity contribution < 1.29 is 0 Å². The second kappa shape index (κ2) is 4.17. The van der Waals surface area contributed by atoms with Crippen LogP contribution in [0.3, 0.4) is 0 Å². The molecule has 2 aliphatic rings. The number of hydrogen-bond acceptors (Lipinski definition) is 3. The van der Waals surface area contributed by atoms with Crippen molar-refractivity contribution in [1.82, 2.24) is 20.1 Å². The van der Waals surface area contributed by atoms with Gasteiger partial charge in [-0.3, -0.25) is 0 Å². The number of aryl methyl sites for hydroxylation is 1. The van der Waals surface area contributed by atoms with Gasteiger partial charge in [0.25, 0.3) is 0 Å². The molecule has 2 heterocycles. The first-order chi connectivity index (χ1) is 7.88. The lowest BCUT2D eigenvalue weighted by atomic mass is 10.0. The average Bonchev–Trinajstić information content (AvgIpc) is 3.03. The SMILES string of the molecule is CCC(NC1CCCn2ncnc21)C1CC1. The van der Waals surface area contributed by atoms with Gasteiger partial charge in [-0.1, -0.05) is 6.92 Å². The summed E-state index contributed by atoms with van der Waals surface area (Å²) in [6, 6.07) is 1.12. The highest BCUT2D eigenvalue weighted by Crippen LogP contribution is 2.35. The molecule has 1 saturated carbocycles. The van der Waals surface area contributed by atoms with Crippen molar-refractivity contribution in [2.75, 3.05) is 0 Å². The predicted molar refractivity (Wildman–Crippen MR) is 61.9 cm³/mol. The minimum atomic E-state index is 0.432. The Morgan fingerprint density at radius 3 is 3.12 bits per heavy atom. The first-order valence-corrected chi connectivity index (χ1v) is 6.52. The molecule has 0 saturated heterocycles. The van der Waals surface area contributed by atoms with Gasteiger partial charge < -0.3 is 5.32 Å². The highest BCUT2D eigenvalue weighted by molar-refractivity contribution is 5.00. The lowest BCUT2D eigenvalue weighted by Gasteiger charge is -2.27. The van der Waals surface area contributed by atoms with E-state index in [2.05, 4.69) is 27.0 Å². The molecular formula is C12H20N4. The summed E-state index contributed by atoms with van der Waals surface area (Å²) in [7, 11) is 0. The lowest BCUT2D eigenvalue weighted by Crippen LogP contribution is -2.37. The van der Waals surface area contributed by atoms with Crippen LogP contribution in [0, 0.1) is 5.92 Å². The van der Waals surface area contributed by atoms with Crippen molar-refractivity contribution in [1.29, 1.82) is 0 Å². The van der Waals surface area contributed by atoms with Gasteiger partial charge in [-0.05, 0) is 38.0 Å². The van der Waals surface area contributed by atoms with Crippen LogP contribution in [0.1, 0.15) is 50.9 Å². The fourth-order valence-electron chi connectivity index (χ4n) is 2.79. The van der Waals surface area contributed by atoms with Gasteiger partial charge in [-0.15, -0.1) is 0 Å². The Hall–Kier alpha value is -0.900. The highest BCUT2D eigenvalue weighted by Gasteiger charge is 2.33. The standard InChI is InChI=1S/C12H20N4/c1-2-10(9-5-6-9)15-11-4-3-7-16-12(11)13-8-14-16/h8-11,15H,2-7H2,1H3. The molecule has 1 aromatic heterocycles. The molecule has 1 fully saturated rings. The van der Waals surface area contributed by atoms with E-state index in [1.807, 2.05) is 0 Å². The monoisotopic (exact) mass is 220 g/mol. The van der Waals surface area contributed by atoms with Crippen molar-refractivity contribution in [3.63, 3.8) is 0 Å². The summed E-state index contributed by atoms with van der Waals surface area (Å²) in [5, 5.41) is 8.05. The van der Waals surface area contributed by atoms with E-state index >= 15 is 0 Å². The Balaban J connectivity index is 1.71. The normalized spacial score (nSPS) is 26.4. The van der Waals surface area contributed by atoms with Crippen molar-refractivity contribution in [3.05, 3.63) is 12.2 Å². The second-order valence-corrected chi connectivity index (χ2v) is 5.06. The molecule has 1 aliphatic heterocycles. The molecule has 0 aromatic carbocycles. The van der Waals surface area contributed by atoms with Crippen LogP contribution in [0.15, 0.2) is 6.33 Å². The molecule has 4 heteroatoms. The van der Waals surface area contributed by atoms with E-state index in [-0.39, 0.29) is 0 Å². The van der Waals surface area contributed by atoms with Gasteiger partial charge in [0.05, 0.1) is 6.04 Å². The zero-order valence-corrected chi connectivity index (χ0v) is 9.89. The summed E-state index contributed by atoms with van der Waals surface area (Å²) in [6.45, 7) is 3.32. The maximum atomic E-state index is 4.39. The summed E-state index contributed by atoms with van der Waals surface area (Å²) < 4.78 is 2.06. The summed E-state index contributed by atoms with van der Waals surface area (Å²) in [6.07, 6.45) is 8.16. The topological polar surface area (TPSA) is 42.7 Å². The molecule has 2 atom stereocenters. The Morgan fingerprint density at radius 2 is 2.38 bits per heavy atom. The molecule has 0 amide bonds. The number of rotatable bonds is 4. The summed E-state index contributed by atoms with van der Waals surface area (Å²) in [4.78, 5) is 4.39. The lowest BCUT2D eigenvalue weighted by molar-refractivity contribution is 0.314. The number of nitrogens with one attached hydrogen (secondary N) is 1. The van der Waals surface area contributed by atoms with Crippen LogP contribution < -0.4 is 5.32 Å². The van der Waals surface area contributed by atoms with Crippen LogP contribution in [-0.4, -0.2) is 20.8 Å². The molecule has 1 aliphatic carbocycles. The minimum absolute atomic E-state index is 0.432. The van der Waals surface area contributed by atoms with Crippen LogP contribution in [0.4, 0.5) is 0 Å². The van der Waals surface area contributed by atoms with Crippen LogP contribution in [-0.2, 0) is 6.54 Å². The Labute approximate surface area is 96.4 Å². The highest BCUT2D eigenvalue weighted by atomic mass is 15.3. The molecule has 4 nitrogen and oxygen atoms in total. The fraction of sp³-hybridized carbons (Fsp3) is 0.833. The molecule has 88 valence electrons. The first kappa shape index (κ1) is 10.3. The maximum absolute atomic E-state index is 4.39. The molecular weight excluding hydrogens is 200 g/mol. The van der Waals surface area contributed by atoms with E-state index in [1.165, 1.54) is 32.1 Å². The summed E-state index contributed by atoms with van der Waals surface area (Å²) >= 11 is 0. The predicted octanol–water partition coefficient (Wildman–Crippen LogP) is 1.89. The smallest absolute Gasteiger partial charge is 0.143 e. The van der Waals surface area contributed by atoms with E-state index in [1.54, 1.807) is 6.33 Å². The third-order valence-electron chi connectivity index (χ3n) is 3.87. The second-order valence-electron chi connectivity index (χ2n) is 5.06. The number of hydrogen-bond donors (Lipinski definition) is 1.